The van der Waals surface area contributed by atoms with Crippen LogP contribution >= 0.6 is 0 Å². The highest BCUT2D eigenvalue weighted by atomic mass is 32.2. The highest BCUT2D eigenvalue weighted by Gasteiger charge is 2.19. The van der Waals surface area contributed by atoms with Gasteiger partial charge < -0.3 is 10.1 Å². The molecule has 8 heteroatoms. The number of carbonyl (C=O) groups excluding carboxylic acids is 1. The monoisotopic (exact) mass is 404 g/mol. The number of nitrogens with zero attached hydrogens (tertiary/aromatic N) is 1. The van der Waals surface area contributed by atoms with Crippen molar-refractivity contribution >= 4 is 27.8 Å². The molecule has 1 aliphatic rings. The van der Waals surface area contributed by atoms with Crippen molar-refractivity contribution in [3.8, 4) is 0 Å². The standard InChI is InChI=1S/C20H21FN2O4S/c1-13-3-5-17(28(25,26)22-11-15-7-8-27-12-15)10-18(13)20(24)23-16-4-6-19(21)14(2)9-16/h3-6,9-11,15H,7-8,12H2,1-2H3,(H,23,24)/b22-11+. The molecule has 3 rings (SSSR count). The summed E-state index contributed by atoms with van der Waals surface area (Å²) >= 11 is 0. The fourth-order valence-electron chi connectivity index (χ4n) is 2.82. The normalized spacial score (nSPS) is 17.2. The molecule has 0 aromatic heterocycles. The predicted octanol–water partition coefficient (Wildman–Crippen LogP) is 3.49. The lowest BCUT2D eigenvalue weighted by molar-refractivity contribution is 0.102. The third kappa shape index (κ3) is 4.63. The van der Waals surface area contributed by atoms with Crippen LogP contribution in [0.4, 0.5) is 10.1 Å². The van der Waals surface area contributed by atoms with Crippen molar-refractivity contribution in [3.63, 3.8) is 0 Å². The van der Waals surface area contributed by atoms with E-state index in [0.717, 1.165) is 6.42 Å². The van der Waals surface area contributed by atoms with E-state index in [9.17, 15) is 17.6 Å². The van der Waals surface area contributed by atoms with Crippen LogP contribution in [0.2, 0.25) is 0 Å². The molecule has 0 aliphatic carbocycles. The van der Waals surface area contributed by atoms with Crippen LogP contribution in [0.1, 0.15) is 27.9 Å². The van der Waals surface area contributed by atoms with E-state index in [-0.39, 0.29) is 22.2 Å². The van der Waals surface area contributed by atoms with Gasteiger partial charge in [-0.05, 0) is 61.7 Å². The molecule has 0 saturated carbocycles. The molecule has 1 N–H and O–H groups in total. The van der Waals surface area contributed by atoms with Gasteiger partial charge in [0.1, 0.15) is 5.82 Å². The summed E-state index contributed by atoms with van der Waals surface area (Å²) in [7, 11) is -3.92. The quantitative estimate of drug-likeness (QED) is 0.773. The number of hydrogen-bond donors (Lipinski definition) is 1. The van der Waals surface area contributed by atoms with Crippen molar-refractivity contribution in [2.24, 2.45) is 10.3 Å². The SMILES string of the molecule is Cc1cc(NC(=O)c2cc(S(=O)(=O)/N=C/C3CCOC3)ccc2C)ccc1F. The molecule has 28 heavy (non-hydrogen) atoms. The van der Waals surface area contributed by atoms with Crippen LogP contribution in [-0.4, -0.2) is 33.8 Å². The third-order valence-corrected chi connectivity index (χ3v) is 5.79. The number of sulfonamides is 1. The van der Waals surface area contributed by atoms with Gasteiger partial charge in [0.25, 0.3) is 15.9 Å². The van der Waals surface area contributed by atoms with Crippen LogP contribution in [0, 0.1) is 25.6 Å². The highest BCUT2D eigenvalue weighted by molar-refractivity contribution is 7.90. The first-order valence-corrected chi connectivity index (χ1v) is 10.3. The average Bonchev–Trinajstić information content (AvgIpc) is 3.17. The molecular formula is C20H21FN2O4S. The van der Waals surface area contributed by atoms with E-state index in [1.165, 1.54) is 36.5 Å². The number of ether oxygens (including phenoxy) is 1. The summed E-state index contributed by atoms with van der Waals surface area (Å²) in [5.74, 6) is -0.869. The lowest BCUT2D eigenvalue weighted by atomic mass is 10.1. The van der Waals surface area contributed by atoms with E-state index < -0.39 is 15.9 Å². The molecule has 2 aromatic carbocycles. The Kier molecular flexibility index (Phi) is 5.90. The second kappa shape index (κ2) is 8.20. The Balaban J connectivity index is 1.83. The second-order valence-corrected chi connectivity index (χ2v) is 8.38. The van der Waals surface area contributed by atoms with Gasteiger partial charge in [0.05, 0.1) is 11.5 Å². The summed E-state index contributed by atoms with van der Waals surface area (Å²) < 4.78 is 47.3. The van der Waals surface area contributed by atoms with Crippen molar-refractivity contribution in [3.05, 3.63) is 58.9 Å². The van der Waals surface area contributed by atoms with Crippen molar-refractivity contribution in [2.75, 3.05) is 18.5 Å². The van der Waals surface area contributed by atoms with E-state index in [2.05, 4.69) is 9.71 Å². The third-order valence-electron chi connectivity index (χ3n) is 4.54. The summed E-state index contributed by atoms with van der Waals surface area (Å²) in [4.78, 5) is 12.6. The number of aryl methyl sites for hydroxylation is 2. The number of halogens is 1. The largest absolute Gasteiger partial charge is 0.381 e. The van der Waals surface area contributed by atoms with Gasteiger partial charge in [0.15, 0.2) is 0 Å². The number of amides is 1. The van der Waals surface area contributed by atoms with E-state index >= 15 is 0 Å². The second-order valence-electron chi connectivity index (χ2n) is 6.75. The Labute approximate surface area is 163 Å². The zero-order valence-corrected chi connectivity index (χ0v) is 16.4. The Morgan fingerprint density at radius 1 is 1.21 bits per heavy atom. The fourth-order valence-corrected chi connectivity index (χ4v) is 3.79. The number of rotatable bonds is 5. The number of hydrogen-bond acceptors (Lipinski definition) is 4. The van der Waals surface area contributed by atoms with Crippen molar-refractivity contribution in [1.82, 2.24) is 0 Å². The Bertz CT molecular complexity index is 1030. The number of nitrogens with one attached hydrogen (secondary N) is 1. The zero-order chi connectivity index (χ0) is 20.3. The van der Waals surface area contributed by atoms with Crippen LogP contribution in [0.15, 0.2) is 45.7 Å². The fraction of sp³-hybridized carbons (Fsp3) is 0.300. The summed E-state index contributed by atoms with van der Waals surface area (Å²) in [6.07, 6.45) is 2.13. The first-order valence-electron chi connectivity index (χ1n) is 8.82. The van der Waals surface area contributed by atoms with E-state index in [0.29, 0.717) is 30.0 Å². The molecule has 1 atom stereocenters. The summed E-state index contributed by atoms with van der Waals surface area (Å²) in [5.41, 5.74) is 1.65. The lowest BCUT2D eigenvalue weighted by Crippen LogP contribution is -2.14. The molecule has 1 unspecified atom stereocenters. The molecule has 0 radical (unpaired) electrons. The van der Waals surface area contributed by atoms with Crippen molar-refractivity contribution < 1.29 is 22.3 Å². The molecule has 1 aliphatic heterocycles. The van der Waals surface area contributed by atoms with E-state index in [4.69, 9.17) is 4.74 Å². The first kappa shape index (κ1) is 20.2. The van der Waals surface area contributed by atoms with Gasteiger partial charge in [-0.15, -0.1) is 0 Å². The predicted molar refractivity (Wildman–Crippen MR) is 105 cm³/mol. The van der Waals surface area contributed by atoms with E-state index in [1.807, 2.05) is 0 Å². The van der Waals surface area contributed by atoms with E-state index in [1.54, 1.807) is 19.9 Å². The summed E-state index contributed by atoms with van der Waals surface area (Å²) in [6.45, 7) is 4.35. The highest BCUT2D eigenvalue weighted by Crippen LogP contribution is 2.21. The minimum Gasteiger partial charge on any atom is -0.381 e. The molecule has 1 amide bonds. The number of carbonyl (C=O) groups is 1. The molecule has 0 spiro atoms. The average molecular weight is 404 g/mol. The van der Waals surface area contributed by atoms with Gasteiger partial charge in [0, 0.05) is 30.0 Å². The first-order chi connectivity index (χ1) is 13.3. The maximum absolute atomic E-state index is 13.4. The van der Waals surface area contributed by atoms with Gasteiger partial charge in [-0.2, -0.15) is 12.8 Å². The van der Waals surface area contributed by atoms with Crippen LogP contribution < -0.4 is 5.32 Å². The van der Waals surface area contributed by atoms with Crippen LogP contribution in [-0.2, 0) is 14.8 Å². The number of benzene rings is 2. The molecule has 1 heterocycles. The molecule has 0 bridgehead atoms. The van der Waals surface area contributed by atoms with Crippen LogP contribution in [0.3, 0.4) is 0 Å². The van der Waals surface area contributed by atoms with Gasteiger partial charge in [-0.25, -0.2) is 4.39 Å². The van der Waals surface area contributed by atoms with Crippen molar-refractivity contribution in [2.45, 2.75) is 25.2 Å². The van der Waals surface area contributed by atoms with Crippen LogP contribution in [0.25, 0.3) is 0 Å². The van der Waals surface area contributed by atoms with Gasteiger partial charge in [-0.3, -0.25) is 4.79 Å². The van der Waals surface area contributed by atoms with Gasteiger partial charge in [0.2, 0.25) is 0 Å². The molecular weight excluding hydrogens is 383 g/mol. The minimum absolute atomic E-state index is 0.0234. The molecule has 148 valence electrons. The smallest absolute Gasteiger partial charge is 0.282 e. The van der Waals surface area contributed by atoms with Gasteiger partial charge >= 0.3 is 0 Å². The molecule has 1 saturated heterocycles. The Morgan fingerprint density at radius 3 is 2.68 bits per heavy atom. The van der Waals surface area contributed by atoms with Crippen molar-refractivity contribution in [1.29, 1.82) is 0 Å². The number of anilines is 1. The summed E-state index contributed by atoms with van der Waals surface area (Å²) in [6, 6.07) is 8.51. The summed E-state index contributed by atoms with van der Waals surface area (Å²) in [5, 5.41) is 2.67. The lowest BCUT2D eigenvalue weighted by Gasteiger charge is -2.10. The molecule has 6 nitrogen and oxygen atoms in total. The Morgan fingerprint density at radius 2 is 2.00 bits per heavy atom. The van der Waals surface area contributed by atoms with Crippen LogP contribution in [0.5, 0.6) is 0 Å². The topological polar surface area (TPSA) is 84.8 Å². The molecule has 2 aromatic rings. The maximum Gasteiger partial charge on any atom is 0.282 e. The Hall–Kier alpha value is -2.58. The van der Waals surface area contributed by atoms with Gasteiger partial charge in [-0.1, -0.05) is 6.07 Å². The zero-order valence-electron chi connectivity index (χ0n) is 15.6. The maximum atomic E-state index is 13.4. The molecule has 1 fully saturated rings. The minimum atomic E-state index is -3.92.